The van der Waals surface area contributed by atoms with Gasteiger partial charge in [-0.1, -0.05) is 31.0 Å². The molecular formula is C25H30ClKN2O4U. The van der Waals surface area contributed by atoms with Gasteiger partial charge in [-0.05, 0) is 44.1 Å². The molecule has 0 fully saturated rings. The van der Waals surface area contributed by atoms with Gasteiger partial charge in [0.25, 0.3) is 0 Å². The maximum Gasteiger partial charge on any atom is 2.00 e. The number of hydroxylamine groups is 1. The first-order chi connectivity index (χ1) is 15.2. The van der Waals surface area contributed by atoms with Gasteiger partial charge in [0.05, 0.1) is 11.6 Å². The predicted octanol–water partition coefficient (Wildman–Crippen LogP) is 2.54. The first kappa shape index (κ1) is 34.3. The maximum absolute atomic E-state index is 11.4. The quantitative estimate of drug-likeness (QED) is 0.136. The largest absolute Gasteiger partial charge is 2.00 e. The van der Waals surface area contributed by atoms with E-state index in [2.05, 4.69) is 36.6 Å². The Morgan fingerprint density at radius 2 is 2.00 bits per heavy atom. The van der Waals surface area contributed by atoms with E-state index in [-0.39, 0.29) is 100 Å². The van der Waals surface area contributed by atoms with E-state index in [1.807, 2.05) is 24.3 Å². The van der Waals surface area contributed by atoms with E-state index in [0.29, 0.717) is 17.9 Å². The molecule has 3 N–H and O–H groups in total. The zero-order valence-electron chi connectivity index (χ0n) is 20.2. The van der Waals surface area contributed by atoms with Gasteiger partial charge in [0.2, 0.25) is 0 Å². The molecule has 2 unspecified atom stereocenters. The molecule has 0 bridgehead atoms. The van der Waals surface area contributed by atoms with Gasteiger partial charge in [-0.15, -0.1) is 35.8 Å². The average Bonchev–Trinajstić information content (AvgIpc) is 3.18. The summed E-state index contributed by atoms with van der Waals surface area (Å²) < 4.78 is 5.02. The van der Waals surface area contributed by atoms with Gasteiger partial charge in [0.1, 0.15) is 11.4 Å². The van der Waals surface area contributed by atoms with Crippen LogP contribution in [0.2, 0.25) is 0 Å². The van der Waals surface area contributed by atoms with E-state index in [9.17, 15) is 9.90 Å². The minimum atomic E-state index is -1.23. The predicted molar refractivity (Wildman–Crippen MR) is 127 cm³/mol. The van der Waals surface area contributed by atoms with E-state index in [4.69, 9.17) is 21.5 Å². The van der Waals surface area contributed by atoms with Crippen LogP contribution in [0.25, 0.3) is 16.4 Å². The van der Waals surface area contributed by atoms with Crippen molar-refractivity contribution < 1.29 is 102 Å². The van der Waals surface area contributed by atoms with Gasteiger partial charge >= 0.3 is 82.5 Å². The van der Waals surface area contributed by atoms with Crippen LogP contribution in [0.5, 0.6) is 5.75 Å². The summed E-state index contributed by atoms with van der Waals surface area (Å²) in [6.45, 7) is 5.69. The number of alkyl halides is 1. The third-order valence-corrected chi connectivity index (χ3v) is 5.64. The number of aromatic nitrogens is 1. The normalized spacial score (nSPS) is 12.9. The molecule has 176 valence electrons. The second kappa shape index (κ2) is 16.9. The summed E-state index contributed by atoms with van der Waals surface area (Å²) in [6, 6.07) is 16.3. The molecule has 2 atom stereocenters. The number of aryl methyl sites for hydroxylation is 1. The van der Waals surface area contributed by atoms with Crippen LogP contribution in [0, 0.1) is 50.2 Å². The molecule has 0 radical (unpaired) electrons. The summed E-state index contributed by atoms with van der Waals surface area (Å²) >= 11 is 4.99. The Morgan fingerprint density at radius 3 is 2.59 bits per heavy atom. The van der Waals surface area contributed by atoms with Crippen LogP contribution in [0.4, 0.5) is 0 Å². The van der Waals surface area contributed by atoms with Crippen molar-refractivity contribution in [3.63, 3.8) is 0 Å². The Hall–Kier alpha value is 0.308. The van der Waals surface area contributed by atoms with E-state index in [1.165, 1.54) is 6.92 Å². The van der Waals surface area contributed by atoms with Crippen molar-refractivity contribution in [3.8, 4) is 5.75 Å². The zero-order valence-corrected chi connectivity index (χ0v) is 28.2. The molecule has 34 heavy (non-hydrogen) atoms. The van der Waals surface area contributed by atoms with Crippen LogP contribution in [0.3, 0.4) is 0 Å². The maximum atomic E-state index is 11.4. The van der Waals surface area contributed by atoms with Crippen LogP contribution in [0.15, 0.2) is 42.5 Å². The molecular weight excluding hydrogens is 705 g/mol. The van der Waals surface area contributed by atoms with Gasteiger partial charge in [-0.25, -0.2) is 0 Å². The number of aromatic amines is 1. The average molecular weight is 735 g/mol. The molecule has 0 saturated heterocycles. The van der Waals surface area contributed by atoms with Gasteiger partial charge in [0.15, 0.2) is 0 Å². The number of fused-ring (bicyclic) bond motifs is 1. The van der Waals surface area contributed by atoms with Crippen molar-refractivity contribution in [2.45, 2.75) is 39.2 Å². The summed E-state index contributed by atoms with van der Waals surface area (Å²) in [5, 5.41) is 21.3. The summed E-state index contributed by atoms with van der Waals surface area (Å²) in [5.41, 5.74) is 5.54. The number of rotatable bonds is 9. The standard InChI is InChI=1S/C22H25N2O3.C3H5ClO.K.U/c1-15(14-23-26)11-12-19-18-9-4-5-10-20(18)24-21(19)22(2,25)16-7-6-8-17(13-16)27-3;1-3(5)2-4;;/h4-7,9-10,13,15,24-26H,3,11-12,14H2,1-2H3;2H2,1H3;;/q-3;;+1;+2. The number of nitrogens with zero attached hydrogens (tertiary/aromatic N) is 1. The molecule has 0 aliphatic carbocycles. The summed E-state index contributed by atoms with van der Waals surface area (Å²) in [6.07, 6.45) is 1.62. The number of ketones is 1. The number of aliphatic hydroxyl groups is 1. The Kier molecular flexibility index (Phi) is 17.1. The summed E-state index contributed by atoms with van der Waals surface area (Å²) in [4.78, 5) is 13.1. The van der Waals surface area contributed by atoms with Crippen molar-refractivity contribution in [3.05, 3.63) is 77.9 Å². The Balaban J connectivity index is 0.00000141. The van der Waals surface area contributed by atoms with Crippen molar-refractivity contribution in [1.29, 1.82) is 0 Å². The van der Waals surface area contributed by atoms with Crippen LogP contribution >= 0.6 is 11.6 Å². The molecule has 1 aromatic heterocycles. The van der Waals surface area contributed by atoms with E-state index >= 15 is 0 Å². The topological polar surface area (TPSA) is 96.7 Å². The number of carbonyl (C=O) groups excluding carboxylic acids is 1. The van der Waals surface area contributed by atoms with Crippen LogP contribution in [-0.4, -0.2) is 33.5 Å². The smallest absolute Gasteiger partial charge is 0.683 e. The zero-order chi connectivity index (χ0) is 23.7. The molecule has 0 aliphatic heterocycles. The number of Topliss-reactive ketones (excluding diaryl/α,β-unsaturated/α-hetero) is 1. The number of nitrogens with one attached hydrogen (secondary N) is 1. The van der Waals surface area contributed by atoms with E-state index < -0.39 is 5.60 Å². The minimum Gasteiger partial charge on any atom is -0.683 e. The number of benzene rings is 2. The van der Waals surface area contributed by atoms with Gasteiger partial charge in [-0.2, -0.15) is 19.2 Å². The third-order valence-electron chi connectivity index (χ3n) is 5.26. The number of ether oxygens (including phenoxy) is 1. The number of hydrogen-bond acceptors (Lipinski definition) is 4. The second-order valence-corrected chi connectivity index (χ2v) is 8.25. The van der Waals surface area contributed by atoms with Gasteiger partial charge in [-0.3, -0.25) is 4.79 Å². The van der Waals surface area contributed by atoms with Crippen molar-refractivity contribution in [2.24, 2.45) is 5.92 Å². The molecule has 6 nitrogen and oxygen atoms in total. The third kappa shape index (κ3) is 9.64. The Labute approximate surface area is 273 Å². The molecule has 2 aromatic carbocycles. The first-order valence-electron chi connectivity index (χ1n) is 10.4. The Morgan fingerprint density at radius 1 is 1.35 bits per heavy atom. The fourth-order valence-corrected chi connectivity index (χ4v) is 3.47. The number of halogens is 1. The molecule has 3 rings (SSSR count). The molecule has 1 heterocycles. The fourth-order valence-electron chi connectivity index (χ4n) is 3.47. The first-order valence-corrected chi connectivity index (χ1v) is 10.9. The minimum absolute atomic E-state index is 0. The molecule has 0 spiro atoms. The van der Waals surface area contributed by atoms with Crippen molar-refractivity contribution in [2.75, 3.05) is 12.4 Å². The fraction of sp³-hybridized carbons (Fsp3) is 0.360. The van der Waals surface area contributed by atoms with E-state index in [1.54, 1.807) is 19.1 Å². The monoisotopic (exact) mass is 734 g/mol. The van der Waals surface area contributed by atoms with Crippen LogP contribution < -0.4 is 56.1 Å². The SMILES string of the molecule is CC(=O)CCl.[CH2-]Oc1[c-]ccc(C(C)(O)c2[nH]c3ccccc3c2CCC(C)C[N-]O)c1.[K+].[U+2]. The number of carbonyl (C=O) groups is 1. The Bertz CT molecular complexity index is 1030. The van der Waals surface area contributed by atoms with Crippen molar-refractivity contribution in [1.82, 2.24) is 4.98 Å². The van der Waals surface area contributed by atoms with Gasteiger partial charge in [0, 0.05) is 10.9 Å². The molecule has 9 heteroatoms. The number of hydrogen-bond donors (Lipinski definition) is 3. The molecule has 0 saturated carbocycles. The summed E-state index contributed by atoms with van der Waals surface area (Å²) in [7, 11) is 3.42. The van der Waals surface area contributed by atoms with Gasteiger partial charge < -0.3 is 25.5 Å². The van der Waals surface area contributed by atoms with Crippen molar-refractivity contribution >= 4 is 28.3 Å². The molecule has 0 amide bonds. The molecule has 3 aromatic rings. The van der Waals surface area contributed by atoms with Crippen LogP contribution in [-0.2, 0) is 16.8 Å². The number of para-hydroxylation sites is 1. The number of H-pyrrole nitrogens is 1. The second-order valence-electron chi connectivity index (χ2n) is 7.99. The van der Waals surface area contributed by atoms with Crippen LogP contribution in [0.1, 0.15) is 44.0 Å². The summed E-state index contributed by atoms with van der Waals surface area (Å²) in [5.74, 6) is 0.884. The van der Waals surface area contributed by atoms with E-state index in [0.717, 1.165) is 35.0 Å². The molecule has 0 aliphatic rings.